The van der Waals surface area contributed by atoms with Gasteiger partial charge in [-0.1, -0.05) is 37.6 Å². The summed E-state index contributed by atoms with van der Waals surface area (Å²) in [5.74, 6) is -0.400. The first-order valence-corrected chi connectivity index (χ1v) is 8.35. The zero-order valence-electron chi connectivity index (χ0n) is 15.1. The minimum atomic E-state index is -0.363. The van der Waals surface area contributed by atoms with Crippen LogP contribution in [0.3, 0.4) is 0 Å². The average molecular weight is 330 g/mol. The molecule has 1 saturated carbocycles. The third-order valence-corrected chi connectivity index (χ3v) is 4.50. The van der Waals surface area contributed by atoms with Crippen molar-refractivity contribution in [3.05, 3.63) is 47.0 Å². The lowest BCUT2D eigenvalue weighted by molar-refractivity contribution is -0.147. The molecule has 0 heterocycles. The highest BCUT2D eigenvalue weighted by molar-refractivity contribution is 5.89. The zero-order valence-corrected chi connectivity index (χ0v) is 15.1. The Morgan fingerprint density at radius 2 is 1.92 bits per heavy atom. The normalized spacial score (nSPS) is 20.9. The van der Waals surface area contributed by atoms with Crippen LogP contribution in [0, 0.1) is 17.3 Å². The highest BCUT2D eigenvalue weighted by atomic mass is 16.5. The van der Waals surface area contributed by atoms with Crippen LogP contribution in [0.15, 0.2) is 35.9 Å². The van der Waals surface area contributed by atoms with E-state index in [1.165, 1.54) is 5.57 Å². The van der Waals surface area contributed by atoms with Gasteiger partial charge in [0.15, 0.2) is 0 Å². The van der Waals surface area contributed by atoms with Gasteiger partial charge in [-0.25, -0.2) is 4.79 Å². The fourth-order valence-electron chi connectivity index (χ4n) is 3.04. The van der Waals surface area contributed by atoms with Crippen molar-refractivity contribution < 1.29 is 19.1 Å². The number of esters is 2. The monoisotopic (exact) mass is 330 g/mol. The van der Waals surface area contributed by atoms with E-state index < -0.39 is 0 Å². The molecule has 4 nitrogen and oxygen atoms in total. The summed E-state index contributed by atoms with van der Waals surface area (Å²) in [7, 11) is 0. The molecule has 1 aromatic rings. The van der Waals surface area contributed by atoms with Gasteiger partial charge < -0.3 is 9.47 Å². The minimum absolute atomic E-state index is 0.0544. The van der Waals surface area contributed by atoms with E-state index in [1.54, 1.807) is 25.1 Å². The van der Waals surface area contributed by atoms with Crippen molar-refractivity contribution >= 4 is 11.9 Å². The SMILES string of the molecule is CCOC(=O)c1cccc(COC(=O)[C@@H]2[C@@H](C=C(C)C)C2(C)C)c1. The van der Waals surface area contributed by atoms with Crippen LogP contribution in [0.5, 0.6) is 0 Å². The Hall–Kier alpha value is -2.10. The Morgan fingerprint density at radius 3 is 2.54 bits per heavy atom. The van der Waals surface area contributed by atoms with Crippen LogP contribution < -0.4 is 0 Å². The Balaban J connectivity index is 1.97. The molecule has 0 unspecified atom stereocenters. The lowest BCUT2D eigenvalue weighted by Crippen LogP contribution is -2.11. The van der Waals surface area contributed by atoms with Crippen LogP contribution in [0.2, 0.25) is 0 Å². The van der Waals surface area contributed by atoms with E-state index >= 15 is 0 Å². The van der Waals surface area contributed by atoms with Gasteiger partial charge in [-0.15, -0.1) is 0 Å². The number of ether oxygens (including phenoxy) is 2. The van der Waals surface area contributed by atoms with E-state index in [-0.39, 0.29) is 35.8 Å². The van der Waals surface area contributed by atoms with Crippen LogP contribution in [0.1, 0.15) is 50.5 Å². The molecular weight excluding hydrogens is 304 g/mol. The first-order chi connectivity index (χ1) is 11.3. The van der Waals surface area contributed by atoms with Gasteiger partial charge in [-0.2, -0.15) is 0 Å². The summed E-state index contributed by atoms with van der Waals surface area (Å²) in [6.07, 6.45) is 2.15. The molecule has 24 heavy (non-hydrogen) atoms. The third kappa shape index (κ3) is 4.05. The standard InChI is InChI=1S/C20H26O4/c1-6-23-18(21)15-9-7-8-14(11-15)12-24-19(22)17-16(10-13(2)3)20(17,4)5/h7-11,16-17H,6,12H2,1-5H3/t16-,17+/m1/s1. The molecule has 0 radical (unpaired) electrons. The van der Waals surface area contributed by atoms with Gasteiger partial charge in [0.1, 0.15) is 6.61 Å². The predicted octanol–water partition coefficient (Wildman–Crippen LogP) is 4.14. The van der Waals surface area contributed by atoms with Crippen LogP contribution in [0.25, 0.3) is 0 Å². The smallest absolute Gasteiger partial charge is 0.338 e. The molecule has 1 aliphatic carbocycles. The van der Waals surface area contributed by atoms with Crippen molar-refractivity contribution in [1.82, 2.24) is 0 Å². The second-order valence-electron chi connectivity index (χ2n) is 7.10. The molecule has 1 aliphatic rings. The van der Waals surface area contributed by atoms with Crippen molar-refractivity contribution in [2.75, 3.05) is 6.61 Å². The van der Waals surface area contributed by atoms with E-state index in [1.807, 2.05) is 19.9 Å². The van der Waals surface area contributed by atoms with Crippen molar-refractivity contribution in [2.45, 2.75) is 41.2 Å². The molecule has 0 aromatic heterocycles. The Bertz CT molecular complexity index is 653. The van der Waals surface area contributed by atoms with Gasteiger partial charge >= 0.3 is 11.9 Å². The number of carbonyl (C=O) groups is 2. The van der Waals surface area contributed by atoms with Gasteiger partial charge in [-0.05, 0) is 49.8 Å². The number of carbonyl (C=O) groups excluding carboxylic acids is 2. The summed E-state index contributed by atoms with van der Waals surface area (Å²) in [5, 5.41) is 0. The van der Waals surface area contributed by atoms with E-state index in [2.05, 4.69) is 19.9 Å². The van der Waals surface area contributed by atoms with Crippen molar-refractivity contribution in [3.8, 4) is 0 Å². The first kappa shape index (κ1) is 18.2. The molecule has 1 aromatic carbocycles. The van der Waals surface area contributed by atoms with Crippen LogP contribution in [-0.4, -0.2) is 18.5 Å². The van der Waals surface area contributed by atoms with Crippen LogP contribution in [-0.2, 0) is 20.9 Å². The number of hydrogen-bond donors (Lipinski definition) is 0. The molecule has 0 bridgehead atoms. The molecule has 0 aliphatic heterocycles. The van der Waals surface area contributed by atoms with Crippen LogP contribution >= 0.6 is 0 Å². The van der Waals surface area contributed by atoms with Crippen molar-refractivity contribution in [1.29, 1.82) is 0 Å². The van der Waals surface area contributed by atoms with Crippen molar-refractivity contribution in [2.24, 2.45) is 17.3 Å². The summed E-state index contributed by atoms with van der Waals surface area (Å²) in [4.78, 5) is 24.1. The maximum Gasteiger partial charge on any atom is 0.338 e. The van der Waals surface area contributed by atoms with E-state index in [4.69, 9.17) is 9.47 Å². The van der Waals surface area contributed by atoms with Gasteiger partial charge in [0.2, 0.25) is 0 Å². The van der Waals surface area contributed by atoms with Gasteiger partial charge in [0.25, 0.3) is 0 Å². The summed E-state index contributed by atoms with van der Waals surface area (Å²) in [6.45, 7) is 10.5. The highest BCUT2D eigenvalue weighted by Gasteiger charge is 2.61. The molecule has 0 saturated heterocycles. The summed E-state index contributed by atoms with van der Waals surface area (Å²) in [6, 6.07) is 7.00. The molecule has 2 atom stereocenters. The van der Waals surface area contributed by atoms with E-state index in [0.717, 1.165) is 5.56 Å². The Morgan fingerprint density at radius 1 is 1.21 bits per heavy atom. The lowest BCUT2D eigenvalue weighted by atomic mass is 10.1. The quantitative estimate of drug-likeness (QED) is 0.581. The molecule has 2 rings (SSSR count). The van der Waals surface area contributed by atoms with Gasteiger partial charge in [0, 0.05) is 0 Å². The molecule has 130 valence electrons. The predicted molar refractivity (Wildman–Crippen MR) is 92.4 cm³/mol. The van der Waals surface area contributed by atoms with E-state index in [9.17, 15) is 9.59 Å². The largest absolute Gasteiger partial charge is 0.462 e. The second kappa shape index (κ2) is 7.20. The highest BCUT2D eigenvalue weighted by Crippen LogP contribution is 2.59. The Labute approximate surface area is 143 Å². The number of rotatable bonds is 6. The maximum atomic E-state index is 12.4. The summed E-state index contributed by atoms with van der Waals surface area (Å²) >= 11 is 0. The zero-order chi connectivity index (χ0) is 17.9. The second-order valence-corrected chi connectivity index (χ2v) is 7.10. The Kier molecular flexibility index (Phi) is 5.47. The minimum Gasteiger partial charge on any atom is -0.462 e. The fourth-order valence-corrected chi connectivity index (χ4v) is 3.04. The third-order valence-electron chi connectivity index (χ3n) is 4.50. The molecule has 1 fully saturated rings. The van der Waals surface area contributed by atoms with Gasteiger partial charge in [-0.3, -0.25) is 4.79 Å². The van der Waals surface area contributed by atoms with Crippen molar-refractivity contribution in [3.63, 3.8) is 0 Å². The number of allylic oxidation sites excluding steroid dienone is 2. The first-order valence-electron chi connectivity index (χ1n) is 8.35. The fraction of sp³-hybridized carbons (Fsp3) is 0.500. The number of hydrogen-bond acceptors (Lipinski definition) is 4. The summed E-state index contributed by atoms with van der Waals surface area (Å²) < 4.78 is 10.5. The molecule has 4 heteroatoms. The average Bonchev–Trinajstić information content (AvgIpc) is 3.05. The summed E-state index contributed by atoms with van der Waals surface area (Å²) in [5.41, 5.74) is 2.41. The lowest BCUT2D eigenvalue weighted by Gasteiger charge is -2.07. The number of benzene rings is 1. The topological polar surface area (TPSA) is 52.6 Å². The maximum absolute atomic E-state index is 12.4. The van der Waals surface area contributed by atoms with Crippen LogP contribution in [0.4, 0.5) is 0 Å². The van der Waals surface area contributed by atoms with E-state index in [0.29, 0.717) is 12.2 Å². The molecule has 0 spiro atoms. The molecular formula is C20H26O4. The molecule has 0 N–H and O–H groups in total. The molecule has 0 amide bonds. The van der Waals surface area contributed by atoms with Gasteiger partial charge in [0.05, 0.1) is 18.1 Å².